The maximum absolute atomic E-state index is 13.8. The zero-order valence-corrected chi connectivity index (χ0v) is 27.3. The van der Waals surface area contributed by atoms with Gasteiger partial charge in [-0.1, -0.05) is 5.16 Å². The number of carbonyl (C=O) groups excluding carboxylic acids is 6. The van der Waals surface area contributed by atoms with Crippen LogP contribution in [0.25, 0.3) is 0 Å². The molecular weight excluding hydrogens is 683 g/mol. The van der Waals surface area contributed by atoms with Crippen molar-refractivity contribution in [1.29, 1.82) is 0 Å². The molecule has 0 saturated carbocycles. The van der Waals surface area contributed by atoms with E-state index in [-0.39, 0.29) is 63.8 Å². The van der Waals surface area contributed by atoms with Crippen molar-refractivity contribution in [3.63, 3.8) is 0 Å². The van der Waals surface area contributed by atoms with Crippen molar-refractivity contribution in [2.75, 3.05) is 37.6 Å². The number of aliphatic carboxylic acids is 1. The van der Waals surface area contributed by atoms with Crippen LogP contribution in [0, 0.1) is 0 Å². The van der Waals surface area contributed by atoms with Gasteiger partial charge in [0.05, 0.1) is 0 Å². The third-order valence-corrected chi connectivity index (χ3v) is 10.5. The summed E-state index contributed by atoms with van der Waals surface area (Å²) in [6, 6.07) is -2.24. The molecular formula is C26H27N7O11S3. The van der Waals surface area contributed by atoms with E-state index < -0.39 is 64.4 Å². The Hall–Kier alpha value is -4.63. The van der Waals surface area contributed by atoms with E-state index in [2.05, 4.69) is 20.8 Å². The van der Waals surface area contributed by atoms with Gasteiger partial charge in [0.1, 0.15) is 60.2 Å². The molecule has 4 aliphatic rings. The highest BCUT2D eigenvalue weighted by molar-refractivity contribution is 8.00. The van der Waals surface area contributed by atoms with Crippen LogP contribution in [0.2, 0.25) is 0 Å². The summed E-state index contributed by atoms with van der Waals surface area (Å²) in [5.74, 6) is -5.38. The summed E-state index contributed by atoms with van der Waals surface area (Å²) in [5.41, 5.74) is 5.61. The maximum atomic E-state index is 13.8. The zero-order valence-electron chi connectivity index (χ0n) is 24.8. The van der Waals surface area contributed by atoms with E-state index in [1.807, 2.05) is 0 Å². The van der Waals surface area contributed by atoms with Gasteiger partial charge in [0.2, 0.25) is 0 Å². The minimum Gasteiger partial charge on any atom is -0.477 e. The molecule has 4 aliphatic heterocycles. The minimum absolute atomic E-state index is 0.114. The van der Waals surface area contributed by atoms with Crippen LogP contribution in [0.15, 0.2) is 33.1 Å². The molecule has 2 fully saturated rings. The van der Waals surface area contributed by atoms with Crippen LogP contribution in [-0.4, -0.2) is 122 Å². The summed E-state index contributed by atoms with van der Waals surface area (Å²) in [6.45, 7) is 1.72. The number of nitrogen functional groups attached to an aromatic ring is 1. The normalized spacial score (nSPS) is 23.6. The number of thiazole rings is 1. The molecule has 0 bridgehead atoms. The Bertz CT molecular complexity index is 1670. The van der Waals surface area contributed by atoms with Crippen LogP contribution in [-0.2, 0) is 47.9 Å². The molecule has 0 unspecified atom stereocenters. The number of nitrogens with zero attached hydrogens (tertiary/aromatic N) is 4. The van der Waals surface area contributed by atoms with Gasteiger partial charge in [0, 0.05) is 41.9 Å². The first kappa shape index (κ1) is 33.7. The summed E-state index contributed by atoms with van der Waals surface area (Å²) >= 11 is 3.45. The monoisotopic (exact) mass is 709 g/mol. The predicted molar refractivity (Wildman–Crippen MR) is 165 cm³/mol. The number of carboxylic acids is 1. The summed E-state index contributed by atoms with van der Waals surface area (Å²) < 4.78 is 10.1. The van der Waals surface area contributed by atoms with Crippen molar-refractivity contribution in [1.82, 2.24) is 25.4 Å². The highest BCUT2D eigenvalue weighted by Gasteiger charge is 2.57. The number of esters is 2. The van der Waals surface area contributed by atoms with E-state index in [1.54, 1.807) is 0 Å². The Morgan fingerprint density at radius 1 is 0.957 bits per heavy atom. The van der Waals surface area contributed by atoms with Crippen LogP contribution in [0.1, 0.15) is 19.5 Å². The van der Waals surface area contributed by atoms with E-state index in [0.29, 0.717) is 0 Å². The van der Waals surface area contributed by atoms with Crippen molar-refractivity contribution in [2.24, 2.45) is 5.16 Å². The number of ether oxygens (including phenoxy) is 2. The van der Waals surface area contributed by atoms with Gasteiger partial charge in [0.15, 0.2) is 10.8 Å². The number of nitrogens with one attached hydrogen (secondary N) is 2. The van der Waals surface area contributed by atoms with Crippen molar-refractivity contribution in [3.8, 4) is 0 Å². The van der Waals surface area contributed by atoms with Gasteiger partial charge >= 0.3 is 17.9 Å². The molecule has 0 spiro atoms. The van der Waals surface area contributed by atoms with Crippen molar-refractivity contribution < 1.29 is 53.0 Å². The second kappa shape index (κ2) is 13.6. The molecule has 21 heteroatoms. The Morgan fingerprint density at radius 3 is 1.98 bits per heavy atom. The van der Waals surface area contributed by atoms with Crippen LogP contribution in [0.4, 0.5) is 5.13 Å². The topological polar surface area (TPSA) is 249 Å². The summed E-state index contributed by atoms with van der Waals surface area (Å²) in [6.07, 6.45) is 0. The molecule has 1 aromatic heterocycles. The van der Waals surface area contributed by atoms with E-state index in [4.69, 9.17) is 20.0 Å². The predicted octanol–water partition coefficient (Wildman–Crippen LogP) is -1.41. The lowest BCUT2D eigenvalue weighted by Crippen LogP contribution is -2.73. The molecule has 4 atom stereocenters. The Morgan fingerprint density at radius 2 is 1.49 bits per heavy atom. The van der Waals surface area contributed by atoms with Gasteiger partial charge in [-0.3, -0.25) is 38.6 Å². The quantitative estimate of drug-likeness (QED) is 0.0892. The number of β-lactam (4-membered cyclic amide) rings is 2. The number of fused-ring (bicyclic) bond motifs is 2. The van der Waals surface area contributed by atoms with E-state index in [9.17, 15) is 38.7 Å². The van der Waals surface area contributed by atoms with Crippen molar-refractivity contribution in [3.05, 3.63) is 33.6 Å². The molecule has 5 N–H and O–H groups in total. The number of carboxylic acid groups (broad SMARTS) is 1. The molecule has 5 heterocycles. The Balaban J connectivity index is 1.34. The lowest BCUT2D eigenvalue weighted by Gasteiger charge is -2.51. The molecule has 0 radical (unpaired) electrons. The standard InChI is InChI=1S/C26H27N7O11S3/c1-9(34)43-4-11-6-45-23-15(29-19(36)14(31-42-3)13-8-47-26(27)28-13)21(38)32(23)17(11)20(37)30-16-22(39)33-18(25(40)41)12(5-44-10(2)35)7-46-24(16)33/h8,15-16,23-24H,4-7H2,1-3H3,(H2,27,28)(H,29,36)(H,30,37)(H,40,41)/b31-14-/t15-,16-,23-,24-/m1/s1. The lowest BCUT2D eigenvalue weighted by atomic mass is 10.00. The molecule has 47 heavy (non-hydrogen) atoms. The number of carbonyl (C=O) groups is 7. The fourth-order valence-corrected chi connectivity index (χ4v) is 8.30. The summed E-state index contributed by atoms with van der Waals surface area (Å²) in [5, 5.41) is 18.8. The molecule has 1 aromatic rings. The first-order valence-electron chi connectivity index (χ1n) is 13.6. The largest absolute Gasteiger partial charge is 0.477 e. The van der Waals surface area contributed by atoms with Gasteiger partial charge in [-0.15, -0.1) is 34.9 Å². The number of oxime groups is 1. The van der Waals surface area contributed by atoms with Crippen LogP contribution in [0.5, 0.6) is 0 Å². The van der Waals surface area contributed by atoms with E-state index >= 15 is 0 Å². The Labute approximate surface area is 278 Å². The smallest absolute Gasteiger partial charge is 0.352 e. The fourth-order valence-electron chi connectivity index (χ4n) is 5.09. The van der Waals surface area contributed by atoms with E-state index in [1.165, 1.54) is 49.9 Å². The molecule has 0 aliphatic carbocycles. The third kappa shape index (κ3) is 6.49. The molecule has 18 nitrogen and oxygen atoms in total. The Kier molecular flexibility index (Phi) is 9.77. The van der Waals surface area contributed by atoms with E-state index in [0.717, 1.165) is 21.1 Å². The first-order valence-corrected chi connectivity index (χ1v) is 16.6. The number of aromatic nitrogens is 1. The number of amides is 4. The minimum atomic E-state index is -1.40. The van der Waals surface area contributed by atoms with Crippen molar-refractivity contribution >= 4 is 87.2 Å². The number of thioether (sulfide) groups is 2. The summed E-state index contributed by atoms with van der Waals surface area (Å²) in [7, 11) is 1.23. The number of nitrogens with two attached hydrogens (primary N) is 1. The molecule has 250 valence electrons. The second-order valence-corrected chi connectivity index (χ2v) is 13.3. The maximum Gasteiger partial charge on any atom is 0.352 e. The summed E-state index contributed by atoms with van der Waals surface area (Å²) in [4.78, 5) is 99.4. The highest BCUT2D eigenvalue weighted by Crippen LogP contribution is 2.43. The number of rotatable bonds is 11. The number of anilines is 1. The average Bonchev–Trinajstić information content (AvgIpc) is 3.46. The second-order valence-electron chi connectivity index (χ2n) is 10.2. The average molecular weight is 710 g/mol. The molecule has 4 amide bonds. The lowest BCUT2D eigenvalue weighted by molar-refractivity contribution is -0.151. The molecule has 2 saturated heterocycles. The SMILES string of the molecule is CO/N=C(\C(=O)N[C@@H]1C(=O)N2C(C(=O)N[C@@H]3C(=O)N4C(C(=O)O)=C(COC(C)=O)CS[C@H]34)=C(COC(C)=O)CS[C@H]12)c1csc(N)n1. The van der Waals surface area contributed by atoms with Crippen molar-refractivity contribution in [2.45, 2.75) is 36.7 Å². The van der Waals surface area contributed by atoms with Gasteiger partial charge < -0.3 is 35.8 Å². The van der Waals surface area contributed by atoms with Crippen LogP contribution in [0.3, 0.4) is 0 Å². The molecule has 0 aromatic carbocycles. The third-order valence-electron chi connectivity index (χ3n) is 7.15. The number of hydrogen-bond donors (Lipinski definition) is 4. The first-order chi connectivity index (χ1) is 22.3. The number of hydrogen-bond acceptors (Lipinski definition) is 16. The van der Waals surface area contributed by atoms with Gasteiger partial charge in [-0.05, 0) is 0 Å². The zero-order chi connectivity index (χ0) is 34.2. The van der Waals surface area contributed by atoms with Gasteiger partial charge in [-0.2, -0.15) is 0 Å². The van der Waals surface area contributed by atoms with Gasteiger partial charge in [0.25, 0.3) is 23.6 Å². The highest BCUT2D eigenvalue weighted by atomic mass is 32.2. The van der Waals surface area contributed by atoms with Crippen LogP contribution >= 0.6 is 34.9 Å². The fraction of sp³-hybridized carbons (Fsp3) is 0.423. The molecule has 5 rings (SSSR count). The van der Waals surface area contributed by atoms with Crippen LogP contribution < -0.4 is 16.4 Å². The van der Waals surface area contributed by atoms with Gasteiger partial charge in [-0.25, -0.2) is 9.78 Å².